The zero-order chi connectivity index (χ0) is 15.4. The lowest BCUT2D eigenvalue weighted by Crippen LogP contribution is -2.26. The van der Waals surface area contributed by atoms with E-state index < -0.39 is 0 Å². The number of hydrogen-bond acceptors (Lipinski definition) is 2. The van der Waals surface area contributed by atoms with Crippen molar-refractivity contribution in [2.75, 3.05) is 6.54 Å². The van der Waals surface area contributed by atoms with Crippen molar-refractivity contribution in [1.82, 2.24) is 19.9 Å². The molecule has 3 aromatic rings. The fourth-order valence-electron chi connectivity index (χ4n) is 2.43. The van der Waals surface area contributed by atoms with E-state index in [1.54, 1.807) is 12.5 Å². The first-order valence-corrected chi connectivity index (χ1v) is 8.00. The largest absolute Gasteiger partial charge is 0.356 e. The maximum Gasteiger partial charge on any atom is 0.221 e. The number of nitrogens with zero attached hydrogens (tertiary/aromatic N) is 2. The number of fused-ring (bicyclic) bond motifs is 1. The Hall–Kier alpha value is -2.08. The monoisotopic (exact) mass is 360 g/mol. The molecule has 2 aromatic heterocycles. The number of nitrogens with one attached hydrogen (secondary N) is 2. The van der Waals surface area contributed by atoms with Crippen molar-refractivity contribution in [3.8, 4) is 0 Å². The fraction of sp³-hybridized carbons (Fsp3) is 0.250. The van der Waals surface area contributed by atoms with Crippen LogP contribution in [0.1, 0.15) is 12.1 Å². The number of halogens is 1. The predicted octanol–water partition coefficient (Wildman–Crippen LogP) is 2.88. The van der Waals surface area contributed by atoms with Gasteiger partial charge >= 0.3 is 0 Å². The minimum absolute atomic E-state index is 0.0680. The topological polar surface area (TPSA) is 62.7 Å². The molecule has 0 unspecified atom stereocenters. The van der Waals surface area contributed by atoms with E-state index in [1.807, 2.05) is 12.3 Å². The van der Waals surface area contributed by atoms with Crippen LogP contribution < -0.4 is 5.32 Å². The molecular weight excluding hydrogens is 344 g/mol. The maximum atomic E-state index is 11.9. The summed E-state index contributed by atoms with van der Waals surface area (Å²) < 4.78 is 3.17. The minimum Gasteiger partial charge on any atom is -0.356 e. The summed E-state index contributed by atoms with van der Waals surface area (Å²) in [5.41, 5.74) is 2.18. The molecular formula is C16H17BrN4O. The number of carbonyl (C=O) groups is 1. The van der Waals surface area contributed by atoms with E-state index in [0.717, 1.165) is 22.1 Å². The molecule has 1 aromatic carbocycles. The third-order valence-corrected chi connectivity index (χ3v) is 4.08. The van der Waals surface area contributed by atoms with Gasteiger partial charge in [-0.05, 0) is 24.3 Å². The summed E-state index contributed by atoms with van der Waals surface area (Å²) in [7, 11) is 0. The van der Waals surface area contributed by atoms with Gasteiger partial charge in [0, 0.05) is 59.4 Å². The molecule has 0 bridgehead atoms. The number of benzene rings is 1. The highest BCUT2D eigenvalue weighted by Gasteiger charge is 2.05. The van der Waals surface area contributed by atoms with E-state index in [1.165, 1.54) is 5.39 Å². The Morgan fingerprint density at radius 1 is 1.36 bits per heavy atom. The van der Waals surface area contributed by atoms with Crippen LogP contribution in [0.4, 0.5) is 0 Å². The standard InChI is InChI=1S/C16H17BrN4O/c17-13-1-2-15-12(9-13)4-7-21(15)8-5-16(22)19-6-3-14-10-18-11-20-14/h1-2,4,7,9-11H,3,5-6,8H2,(H,18,20)(H,19,22). The Morgan fingerprint density at radius 3 is 3.09 bits per heavy atom. The zero-order valence-corrected chi connectivity index (χ0v) is 13.6. The molecule has 0 aliphatic rings. The average molecular weight is 361 g/mol. The first-order chi connectivity index (χ1) is 10.7. The van der Waals surface area contributed by atoms with Gasteiger partial charge in [0.05, 0.1) is 6.33 Å². The lowest BCUT2D eigenvalue weighted by atomic mass is 10.2. The number of rotatable bonds is 6. The van der Waals surface area contributed by atoms with Gasteiger partial charge in [0.15, 0.2) is 0 Å². The van der Waals surface area contributed by atoms with Crippen molar-refractivity contribution in [2.45, 2.75) is 19.4 Å². The summed E-state index contributed by atoms with van der Waals surface area (Å²) in [5.74, 6) is 0.0680. The lowest BCUT2D eigenvalue weighted by Gasteiger charge is -2.07. The first kappa shape index (κ1) is 14.8. The van der Waals surface area contributed by atoms with Gasteiger partial charge in [-0.3, -0.25) is 4.79 Å². The van der Waals surface area contributed by atoms with Crippen molar-refractivity contribution >= 4 is 32.7 Å². The summed E-state index contributed by atoms with van der Waals surface area (Å²) in [5, 5.41) is 4.11. The van der Waals surface area contributed by atoms with E-state index in [-0.39, 0.29) is 5.91 Å². The molecule has 5 nitrogen and oxygen atoms in total. The van der Waals surface area contributed by atoms with Gasteiger partial charge in [0.1, 0.15) is 0 Å². The number of hydrogen-bond donors (Lipinski definition) is 2. The Kier molecular flexibility index (Phi) is 4.58. The third-order valence-electron chi connectivity index (χ3n) is 3.58. The molecule has 1 amide bonds. The summed E-state index contributed by atoms with van der Waals surface area (Å²) in [4.78, 5) is 18.9. The Balaban J connectivity index is 1.49. The van der Waals surface area contributed by atoms with Crippen LogP contribution in [0.5, 0.6) is 0 Å². The molecule has 0 saturated carbocycles. The Labute approximate surface area is 136 Å². The molecule has 114 valence electrons. The molecule has 0 aliphatic carbocycles. The summed E-state index contributed by atoms with van der Waals surface area (Å²) in [6, 6.07) is 8.23. The Bertz CT molecular complexity index is 764. The van der Waals surface area contributed by atoms with E-state index in [0.29, 0.717) is 19.5 Å². The Morgan fingerprint density at radius 2 is 2.27 bits per heavy atom. The highest BCUT2D eigenvalue weighted by molar-refractivity contribution is 9.10. The fourth-order valence-corrected chi connectivity index (χ4v) is 2.81. The van der Waals surface area contributed by atoms with Crippen molar-refractivity contribution < 1.29 is 4.79 Å². The highest BCUT2D eigenvalue weighted by atomic mass is 79.9. The molecule has 0 saturated heterocycles. The number of amides is 1. The van der Waals surface area contributed by atoms with Gasteiger partial charge in [0.2, 0.25) is 5.91 Å². The molecule has 0 fully saturated rings. The van der Waals surface area contributed by atoms with Gasteiger partial charge in [-0.2, -0.15) is 0 Å². The van der Waals surface area contributed by atoms with Crippen LogP contribution >= 0.6 is 15.9 Å². The highest BCUT2D eigenvalue weighted by Crippen LogP contribution is 2.21. The van der Waals surface area contributed by atoms with E-state index in [4.69, 9.17) is 0 Å². The normalized spacial score (nSPS) is 11.0. The van der Waals surface area contributed by atoms with Gasteiger partial charge in [0.25, 0.3) is 0 Å². The number of aromatic amines is 1. The molecule has 22 heavy (non-hydrogen) atoms. The SMILES string of the molecule is O=C(CCn1ccc2cc(Br)ccc21)NCCc1cnc[nH]1. The van der Waals surface area contributed by atoms with E-state index >= 15 is 0 Å². The average Bonchev–Trinajstić information content (AvgIpc) is 3.14. The summed E-state index contributed by atoms with van der Waals surface area (Å²) in [6.07, 6.45) is 6.69. The van der Waals surface area contributed by atoms with Crippen LogP contribution in [0.2, 0.25) is 0 Å². The molecule has 2 heterocycles. The van der Waals surface area contributed by atoms with Crippen molar-refractivity contribution in [1.29, 1.82) is 0 Å². The number of aromatic nitrogens is 3. The quantitative estimate of drug-likeness (QED) is 0.709. The van der Waals surface area contributed by atoms with Gasteiger partial charge in [-0.25, -0.2) is 4.98 Å². The summed E-state index contributed by atoms with van der Waals surface area (Å²) >= 11 is 3.47. The molecule has 0 spiro atoms. The second kappa shape index (κ2) is 6.79. The van der Waals surface area contributed by atoms with Crippen molar-refractivity contribution in [2.24, 2.45) is 0 Å². The maximum absolute atomic E-state index is 11.9. The predicted molar refractivity (Wildman–Crippen MR) is 89.6 cm³/mol. The van der Waals surface area contributed by atoms with Crippen LogP contribution in [0.25, 0.3) is 10.9 Å². The van der Waals surface area contributed by atoms with Crippen LogP contribution in [-0.2, 0) is 17.8 Å². The van der Waals surface area contributed by atoms with Crippen molar-refractivity contribution in [3.63, 3.8) is 0 Å². The van der Waals surface area contributed by atoms with Crippen LogP contribution in [-0.4, -0.2) is 27.0 Å². The zero-order valence-electron chi connectivity index (χ0n) is 12.1. The third kappa shape index (κ3) is 3.57. The molecule has 0 aliphatic heterocycles. The first-order valence-electron chi connectivity index (χ1n) is 7.21. The molecule has 0 atom stereocenters. The summed E-state index contributed by atoms with van der Waals surface area (Å²) in [6.45, 7) is 1.31. The van der Waals surface area contributed by atoms with Crippen LogP contribution in [0.15, 0.2) is 47.5 Å². The lowest BCUT2D eigenvalue weighted by molar-refractivity contribution is -0.121. The van der Waals surface area contributed by atoms with Gasteiger partial charge in [-0.15, -0.1) is 0 Å². The number of imidazole rings is 1. The van der Waals surface area contributed by atoms with Crippen LogP contribution in [0.3, 0.4) is 0 Å². The second-order valence-electron chi connectivity index (χ2n) is 5.14. The smallest absolute Gasteiger partial charge is 0.221 e. The number of aryl methyl sites for hydroxylation is 1. The molecule has 0 radical (unpaired) electrons. The van der Waals surface area contributed by atoms with E-state index in [2.05, 4.69) is 54.0 Å². The van der Waals surface area contributed by atoms with Crippen molar-refractivity contribution in [3.05, 3.63) is 53.2 Å². The van der Waals surface area contributed by atoms with Gasteiger partial charge < -0.3 is 14.9 Å². The second-order valence-corrected chi connectivity index (χ2v) is 6.05. The number of H-pyrrole nitrogens is 1. The van der Waals surface area contributed by atoms with E-state index in [9.17, 15) is 4.79 Å². The van der Waals surface area contributed by atoms with Crippen LogP contribution in [0, 0.1) is 0 Å². The molecule has 3 rings (SSSR count). The van der Waals surface area contributed by atoms with Gasteiger partial charge in [-0.1, -0.05) is 15.9 Å². The molecule has 6 heteroatoms. The minimum atomic E-state index is 0.0680. The number of carbonyl (C=O) groups excluding carboxylic acids is 1. The molecule has 2 N–H and O–H groups in total.